The number of nitrogens with zero attached hydrogens (tertiary/aromatic N) is 2. The summed E-state index contributed by atoms with van der Waals surface area (Å²) in [6.07, 6.45) is 0.890. The van der Waals surface area contributed by atoms with E-state index in [0.29, 0.717) is 12.5 Å². The number of ether oxygens (including phenoxy) is 1. The molecule has 2 aliphatic heterocycles. The van der Waals surface area contributed by atoms with Crippen molar-refractivity contribution < 1.29 is 14.3 Å². The van der Waals surface area contributed by atoms with E-state index in [0.717, 1.165) is 24.1 Å². The van der Waals surface area contributed by atoms with Crippen molar-refractivity contribution in [2.45, 2.75) is 32.9 Å². The Morgan fingerprint density at radius 3 is 2.62 bits per heavy atom. The van der Waals surface area contributed by atoms with Gasteiger partial charge in [-0.3, -0.25) is 14.9 Å². The molecule has 0 aliphatic carbocycles. The lowest BCUT2D eigenvalue weighted by Crippen LogP contribution is -2.53. The van der Waals surface area contributed by atoms with Crippen molar-refractivity contribution in [3.05, 3.63) is 70.8 Å². The first-order chi connectivity index (χ1) is 14.1. The van der Waals surface area contributed by atoms with Gasteiger partial charge in [0.2, 0.25) is 11.9 Å². The third-order valence-electron chi connectivity index (χ3n) is 5.48. The normalized spacial score (nSPS) is 21.1. The fourth-order valence-electron chi connectivity index (χ4n) is 3.91. The van der Waals surface area contributed by atoms with Gasteiger partial charge in [0.05, 0.1) is 6.61 Å². The van der Waals surface area contributed by atoms with E-state index in [1.165, 1.54) is 11.1 Å². The first kappa shape index (κ1) is 19.2. The number of hydrogen-bond donors (Lipinski definition) is 1. The van der Waals surface area contributed by atoms with E-state index in [-0.39, 0.29) is 12.5 Å². The molecular weight excluding hydrogens is 366 g/mol. The quantitative estimate of drug-likeness (QED) is 0.645. The number of carbonyl (C=O) groups excluding carboxylic acids is 2. The van der Waals surface area contributed by atoms with Crippen LogP contribution in [0.5, 0.6) is 0 Å². The first-order valence-corrected chi connectivity index (χ1v) is 10.0. The summed E-state index contributed by atoms with van der Waals surface area (Å²) in [5, 5.41) is 2.85. The van der Waals surface area contributed by atoms with Gasteiger partial charge in [0.1, 0.15) is 6.04 Å². The maximum Gasteiger partial charge on any atom is 0.321 e. The predicted octanol–water partition coefficient (Wildman–Crippen LogP) is 2.76. The van der Waals surface area contributed by atoms with E-state index >= 15 is 0 Å². The molecule has 2 heterocycles. The molecule has 2 aliphatic rings. The number of fused-ring (bicyclic) bond motifs is 1. The number of aryl methyl sites for hydroxylation is 1. The lowest BCUT2D eigenvalue weighted by atomic mass is 9.91. The molecule has 29 heavy (non-hydrogen) atoms. The van der Waals surface area contributed by atoms with Crippen LogP contribution in [-0.2, 0) is 27.3 Å². The van der Waals surface area contributed by atoms with Gasteiger partial charge in [-0.2, -0.15) is 0 Å². The summed E-state index contributed by atoms with van der Waals surface area (Å²) in [6.45, 7) is 5.41. The monoisotopic (exact) mass is 391 g/mol. The van der Waals surface area contributed by atoms with Gasteiger partial charge in [-0.1, -0.05) is 54.1 Å². The van der Waals surface area contributed by atoms with Gasteiger partial charge < -0.3 is 9.64 Å². The van der Waals surface area contributed by atoms with Crippen molar-refractivity contribution in [3.8, 4) is 0 Å². The van der Waals surface area contributed by atoms with Crippen molar-refractivity contribution in [1.82, 2.24) is 10.2 Å². The van der Waals surface area contributed by atoms with Gasteiger partial charge in [-0.25, -0.2) is 4.99 Å². The number of aliphatic imine (C=N–C) groups is 1. The number of benzene rings is 2. The molecule has 0 saturated heterocycles. The van der Waals surface area contributed by atoms with Crippen LogP contribution >= 0.6 is 0 Å². The van der Waals surface area contributed by atoms with Crippen molar-refractivity contribution in [2.24, 2.45) is 10.9 Å². The summed E-state index contributed by atoms with van der Waals surface area (Å²) in [4.78, 5) is 32.4. The summed E-state index contributed by atoms with van der Waals surface area (Å²) in [5.74, 6) is -1.37. The summed E-state index contributed by atoms with van der Waals surface area (Å²) < 4.78 is 5.17. The molecule has 2 aromatic carbocycles. The van der Waals surface area contributed by atoms with E-state index in [1.54, 1.807) is 6.92 Å². The number of nitrogens with one attached hydrogen (secondary N) is 1. The molecule has 1 N–H and O–H groups in total. The standard InChI is InChI=1S/C23H25N3O3/c1-3-29-22(28)19-20(17-10-8-15(2)9-11-17)24-23(25-21(19)27)26-13-12-16-6-4-5-7-18(16)14-26/h4-11,19-20H,3,12-14H2,1-2H3,(H,24,25,27)/t19-,20-/m0/s1. The van der Waals surface area contributed by atoms with Crippen molar-refractivity contribution in [1.29, 1.82) is 0 Å². The van der Waals surface area contributed by atoms with E-state index in [4.69, 9.17) is 9.73 Å². The highest BCUT2D eigenvalue weighted by molar-refractivity contribution is 6.08. The molecule has 0 saturated carbocycles. The lowest BCUT2D eigenvalue weighted by Gasteiger charge is -2.36. The Kier molecular flexibility index (Phi) is 5.34. The van der Waals surface area contributed by atoms with Crippen LogP contribution in [0.15, 0.2) is 53.5 Å². The highest BCUT2D eigenvalue weighted by Gasteiger charge is 2.42. The zero-order valence-corrected chi connectivity index (χ0v) is 16.7. The molecule has 0 spiro atoms. The minimum Gasteiger partial charge on any atom is -0.465 e. The zero-order valence-electron chi connectivity index (χ0n) is 16.7. The lowest BCUT2D eigenvalue weighted by molar-refractivity contribution is -0.153. The smallest absolute Gasteiger partial charge is 0.321 e. The van der Waals surface area contributed by atoms with E-state index < -0.39 is 17.9 Å². The van der Waals surface area contributed by atoms with E-state index in [1.807, 2.05) is 43.3 Å². The average molecular weight is 391 g/mol. The Bertz CT molecular complexity index is 952. The number of guanidine groups is 1. The summed E-state index contributed by atoms with van der Waals surface area (Å²) >= 11 is 0. The maximum absolute atomic E-state index is 12.9. The summed E-state index contributed by atoms with van der Waals surface area (Å²) in [5.41, 5.74) is 4.50. The molecule has 150 valence electrons. The number of rotatable bonds is 3. The van der Waals surface area contributed by atoms with Crippen LogP contribution in [-0.4, -0.2) is 35.9 Å². The molecule has 0 unspecified atom stereocenters. The predicted molar refractivity (Wildman–Crippen MR) is 110 cm³/mol. The molecule has 6 heteroatoms. The Morgan fingerprint density at radius 2 is 1.90 bits per heavy atom. The largest absolute Gasteiger partial charge is 0.465 e. The topological polar surface area (TPSA) is 71.0 Å². The SMILES string of the molecule is CCOC(=O)[C@@H]1C(=O)NC(N2CCc3ccccc3C2)=N[C@H]1c1ccc(C)cc1. The molecule has 0 radical (unpaired) electrons. The van der Waals surface area contributed by atoms with Crippen LogP contribution in [0.2, 0.25) is 0 Å². The van der Waals surface area contributed by atoms with E-state index in [2.05, 4.69) is 22.3 Å². The van der Waals surface area contributed by atoms with Gasteiger partial charge in [0, 0.05) is 13.1 Å². The highest BCUT2D eigenvalue weighted by Crippen LogP contribution is 2.32. The molecule has 6 nitrogen and oxygen atoms in total. The molecule has 1 amide bonds. The maximum atomic E-state index is 12.9. The van der Waals surface area contributed by atoms with Crippen LogP contribution < -0.4 is 5.32 Å². The van der Waals surface area contributed by atoms with Crippen molar-refractivity contribution in [2.75, 3.05) is 13.2 Å². The molecule has 2 atom stereocenters. The van der Waals surface area contributed by atoms with Gasteiger partial charge in [-0.05, 0) is 37.0 Å². The molecule has 0 aromatic heterocycles. The van der Waals surface area contributed by atoms with E-state index in [9.17, 15) is 9.59 Å². The average Bonchev–Trinajstić information content (AvgIpc) is 2.73. The first-order valence-electron chi connectivity index (χ1n) is 10.0. The zero-order chi connectivity index (χ0) is 20.4. The Morgan fingerprint density at radius 1 is 1.17 bits per heavy atom. The Hall–Kier alpha value is -3.15. The second-order valence-electron chi connectivity index (χ2n) is 7.47. The van der Waals surface area contributed by atoms with Gasteiger partial charge in [0.25, 0.3) is 0 Å². The van der Waals surface area contributed by atoms with Crippen LogP contribution in [0.1, 0.15) is 35.2 Å². The minimum atomic E-state index is -0.988. The molecular formula is C23H25N3O3. The number of hydrogen-bond acceptors (Lipinski definition) is 5. The second-order valence-corrected chi connectivity index (χ2v) is 7.47. The molecule has 0 fully saturated rings. The molecule has 4 rings (SSSR count). The fourth-order valence-corrected chi connectivity index (χ4v) is 3.91. The van der Waals surface area contributed by atoms with Gasteiger partial charge in [0.15, 0.2) is 5.92 Å². The fraction of sp³-hybridized carbons (Fsp3) is 0.348. The van der Waals surface area contributed by atoms with Crippen molar-refractivity contribution in [3.63, 3.8) is 0 Å². The Labute approximate surface area is 170 Å². The number of carbonyl (C=O) groups is 2. The highest BCUT2D eigenvalue weighted by atomic mass is 16.5. The van der Waals surface area contributed by atoms with Crippen molar-refractivity contribution >= 4 is 17.8 Å². The summed E-state index contributed by atoms with van der Waals surface area (Å²) in [6, 6.07) is 15.5. The van der Waals surface area contributed by atoms with Crippen LogP contribution in [0, 0.1) is 12.8 Å². The van der Waals surface area contributed by atoms with Crippen LogP contribution in [0.3, 0.4) is 0 Å². The molecule has 2 aromatic rings. The van der Waals surface area contributed by atoms with Crippen LogP contribution in [0.4, 0.5) is 0 Å². The summed E-state index contributed by atoms with van der Waals surface area (Å²) in [7, 11) is 0. The number of esters is 1. The Balaban J connectivity index is 1.68. The second kappa shape index (κ2) is 8.07. The van der Waals surface area contributed by atoms with Gasteiger partial charge >= 0.3 is 5.97 Å². The van der Waals surface area contributed by atoms with Crippen LogP contribution in [0.25, 0.3) is 0 Å². The molecule has 0 bridgehead atoms. The third-order valence-corrected chi connectivity index (χ3v) is 5.48. The third kappa shape index (κ3) is 3.88. The minimum absolute atomic E-state index is 0.225. The number of amides is 1. The van der Waals surface area contributed by atoms with Gasteiger partial charge in [-0.15, -0.1) is 0 Å².